The molecule has 0 bridgehead atoms. The Morgan fingerprint density at radius 3 is 2.24 bits per heavy atom. The second kappa shape index (κ2) is 4.87. The van der Waals surface area contributed by atoms with E-state index < -0.39 is 0 Å². The van der Waals surface area contributed by atoms with Gasteiger partial charge in [-0.2, -0.15) is 0 Å². The molecule has 2 aliphatic heterocycles. The maximum absolute atomic E-state index is 9.94. The highest BCUT2D eigenvalue weighted by Crippen LogP contribution is 2.44. The summed E-state index contributed by atoms with van der Waals surface area (Å²) in [5.74, 6) is 0. The van der Waals surface area contributed by atoms with E-state index in [9.17, 15) is 5.11 Å². The number of piperidine rings is 1. The van der Waals surface area contributed by atoms with Gasteiger partial charge in [0.05, 0.1) is 6.10 Å². The fourth-order valence-electron chi connectivity index (χ4n) is 4.16. The molecule has 0 radical (unpaired) electrons. The maximum atomic E-state index is 9.94. The Morgan fingerprint density at radius 2 is 1.65 bits per heavy atom. The number of rotatable bonds is 1. The fraction of sp³-hybridized carbons (Fsp3) is 1.00. The number of likely N-dealkylation sites (tertiary alicyclic amines) is 1. The normalized spacial score (nSPS) is 38.6. The highest BCUT2D eigenvalue weighted by molar-refractivity contribution is 4.94. The van der Waals surface area contributed by atoms with Crippen molar-refractivity contribution in [1.29, 1.82) is 0 Å². The molecule has 0 aromatic heterocycles. The van der Waals surface area contributed by atoms with Crippen LogP contribution in [0.5, 0.6) is 0 Å². The first kappa shape index (κ1) is 11.9. The summed E-state index contributed by atoms with van der Waals surface area (Å²) in [6, 6.07) is 0.385. The Bertz CT molecular complexity index is 253. The summed E-state index contributed by atoms with van der Waals surface area (Å²) in [5.41, 5.74) is 0.686. The first-order valence-electron chi connectivity index (χ1n) is 7.42. The number of nitrogens with zero attached hydrogens (tertiary/aromatic N) is 1. The molecule has 0 aromatic carbocycles. The Morgan fingerprint density at radius 1 is 0.941 bits per heavy atom. The van der Waals surface area contributed by atoms with Crippen LogP contribution in [0, 0.1) is 5.41 Å². The molecule has 3 aliphatic rings. The van der Waals surface area contributed by atoms with Crippen LogP contribution in [0.2, 0.25) is 0 Å². The van der Waals surface area contributed by atoms with Crippen molar-refractivity contribution in [1.82, 2.24) is 10.2 Å². The topological polar surface area (TPSA) is 35.5 Å². The van der Waals surface area contributed by atoms with Crippen LogP contribution in [-0.4, -0.2) is 48.3 Å². The zero-order valence-corrected chi connectivity index (χ0v) is 10.8. The molecule has 0 aromatic rings. The van der Waals surface area contributed by atoms with Crippen molar-refractivity contribution in [3.63, 3.8) is 0 Å². The molecule has 98 valence electrons. The van der Waals surface area contributed by atoms with E-state index >= 15 is 0 Å². The highest BCUT2D eigenvalue weighted by atomic mass is 16.3. The van der Waals surface area contributed by atoms with E-state index in [1.807, 2.05) is 0 Å². The largest absolute Gasteiger partial charge is 0.390 e. The van der Waals surface area contributed by atoms with Crippen molar-refractivity contribution < 1.29 is 5.11 Å². The summed E-state index contributed by atoms with van der Waals surface area (Å²) in [6.07, 6.45) is 9.89. The van der Waals surface area contributed by atoms with E-state index in [0.29, 0.717) is 11.5 Å². The minimum Gasteiger partial charge on any atom is -0.390 e. The number of aliphatic hydroxyl groups excluding tert-OH is 1. The zero-order valence-electron chi connectivity index (χ0n) is 10.8. The number of hydrogen-bond acceptors (Lipinski definition) is 3. The molecule has 2 unspecified atom stereocenters. The molecule has 1 saturated carbocycles. The SMILES string of the molecule is OC1CNCC1N1CCC2(CCCCC2)CC1. The third-order valence-corrected chi connectivity index (χ3v) is 5.39. The molecule has 3 nitrogen and oxygen atoms in total. The predicted molar refractivity (Wildman–Crippen MR) is 69.0 cm³/mol. The summed E-state index contributed by atoms with van der Waals surface area (Å²) in [4.78, 5) is 2.53. The molecule has 2 heterocycles. The zero-order chi connectivity index (χ0) is 11.7. The standard InChI is InChI=1S/C14H26N2O/c17-13-11-15-10-12(13)16-8-6-14(7-9-16)4-2-1-3-5-14/h12-13,15,17H,1-11H2. The lowest BCUT2D eigenvalue weighted by Gasteiger charge is -2.46. The molecule has 2 atom stereocenters. The van der Waals surface area contributed by atoms with Gasteiger partial charge in [0.15, 0.2) is 0 Å². The molecule has 1 aliphatic carbocycles. The van der Waals surface area contributed by atoms with Gasteiger partial charge in [-0.3, -0.25) is 4.90 Å². The Balaban J connectivity index is 1.56. The van der Waals surface area contributed by atoms with Gasteiger partial charge in [-0.25, -0.2) is 0 Å². The van der Waals surface area contributed by atoms with Crippen molar-refractivity contribution in [2.75, 3.05) is 26.2 Å². The lowest BCUT2D eigenvalue weighted by atomic mass is 9.68. The van der Waals surface area contributed by atoms with E-state index in [-0.39, 0.29) is 6.10 Å². The van der Waals surface area contributed by atoms with Crippen molar-refractivity contribution in [2.45, 2.75) is 57.1 Å². The van der Waals surface area contributed by atoms with Gasteiger partial charge >= 0.3 is 0 Å². The predicted octanol–water partition coefficient (Wildman–Crippen LogP) is 1.37. The van der Waals surface area contributed by atoms with Gasteiger partial charge in [0.25, 0.3) is 0 Å². The van der Waals surface area contributed by atoms with E-state index in [4.69, 9.17) is 0 Å². The van der Waals surface area contributed by atoms with E-state index in [1.54, 1.807) is 0 Å². The Kier molecular flexibility index (Phi) is 3.42. The first-order chi connectivity index (χ1) is 8.29. The van der Waals surface area contributed by atoms with Crippen LogP contribution < -0.4 is 5.32 Å². The molecule has 3 heteroatoms. The van der Waals surface area contributed by atoms with Crippen LogP contribution in [0.25, 0.3) is 0 Å². The molecule has 2 N–H and O–H groups in total. The van der Waals surface area contributed by atoms with Crippen LogP contribution in [0.15, 0.2) is 0 Å². The second-order valence-corrected chi connectivity index (χ2v) is 6.39. The van der Waals surface area contributed by atoms with Crippen molar-refractivity contribution >= 4 is 0 Å². The number of aliphatic hydroxyl groups is 1. The highest BCUT2D eigenvalue weighted by Gasteiger charge is 2.39. The van der Waals surface area contributed by atoms with E-state index in [0.717, 1.165) is 13.1 Å². The van der Waals surface area contributed by atoms with Crippen molar-refractivity contribution in [3.05, 3.63) is 0 Å². The summed E-state index contributed by atoms with van der Waals surface area (Å²) < 4.78 is 0. The van der Waals surface area contributed by atoms with Crippen molar-refractivity contribution in [3.8, 4) is 0 Å². The van der Waals surface area contributed by atoms with Crippen molar-refractivity contribution in [2.24, 2.45) is 5.41 Å². The van der Waals surface area contributed by atoms with Gasteiger partial charge in [-0.1, -0.05) is 19.3 Å². The third-order valence-electron chi connectivity index (χ3n) is 5.39. The molecular formula is C14H26N2O. The monoisotopic (exact) mass is 238 g/mol. The van der Waals surface area contributed by atoms with Crippen LogP contribution >= 0.6 is 0 Å². The summed E-state index contributed by atoms with van der Waals surface area (Å²) in [7, 11) is 0. The molecule has 3 rings (SSSR count). The van der Waals surface area contributed by atoms with Gasteiger partial charge in [0, 0.05) is 19.1 Å². The number of hydrogen-bond donors (Lipinski definition) is 2. The minimum absolute atomic E-state index is 0.143. The third kappa shape index (κ3) is 2.38. The minimum atomic E-state index is -0.143. The molecule has 17 heavy (non-hydrogen) atoms. The lowest BCUT2D eigenvalue weighted by molar-refractivity contribution is 0.0157. The quantitative estimate of drug-likeness (QED) is 0.724. The van der Waals surface area contributed by atoms with Gasteiger partial charge in [-0.15, -0.1) is 0 Å². The second-order valence-electron chi connectivity index (χ2n) is 6.39. The summed E-state index contributed by atoms with van der Waals surface area (Å²) in [6.45, 7) is 4.19. The van der Waals surface area contributed by atoms with Crippen LogP contribution in [0.4, 0.5) is 0 Å². The molecular weight excluding hydrogens is 212 g/mol. The van der Waals surface area contributed by atoms with Crippen LogP contribution in [0.1, 0.15) is 44.9 Å². The Hall–Kier alpha value is -0.120. The smallest absolute Gasteiger partial charge is 0.0831 e. The summed E-state index contributed by atoms with van der Waals surface area (Å²) in [5, 5.41) is 13.2. The van der Waals surface area contributed by atoms with Gasteiger partial charge in [0.1, 0.15) is 0 Å². The van der Waals surface area contributed by atoms with Gasteiger partial charge in [0.2, 0.25) is 0 Å². The molecule has 1 spiro atoms. The summed E-state index contributed by atoms with van der Waals surface area (Å²) >= 11 is 0. The molecule has 0 amide bonds. The average molecular weight is 238 g/mol. The maximum Gasteiger partial charge on any atom is 0.0831 e. The van der Waals surface area contributed by atoms with Crippen LogP contribution in [0.3, 0.4) is 0 Å². The average Bonchev–Trinajstić information content (AvgIpc) is 2.78. The first-order valence-corrected chi connectivity index (χ1v) is 7.42. The van der Waals surface area contributed by atoms with E-state index in [2.05, 4.69) is 10.2 Å². The van der Waals surface area contributed by atoms with Gasteiger partial charge < -0.3 is 10.4 Å². The van der Waals surface area contributed by atoms with Crippen LogP contribution in [-0.2, 0) is 0 Å². The lowest BCUT2D eigenvalue weighted by Crippen LogP contribution is -2.50. The van der Waals surface area contributed by atoms with Gasteiger partial charge in [-0.05, 0) is 44.2 Å². The molecule has 3 fully saturated rings. The number of β-amino-alcohol motifs (C(OH)–C–C–N with tert-alkyl or cyclic N) is 1. The molecule has 2 saturated heterocycles. The Labute approximate surface area is 105 Å². The van der Waals surface area contributed by atoms with E-state index in [1.165, 1.54) is 58.0 Å². The fourth-order valence-corrected chi connectivity index (χ4v) is 4.16. The number of nitrogens with one attached hydrogen (secondary N) is 1.